The molecule has 0 spiro atoms. The molecule has 2 N–H and O–H groups in total. The van der Waals surface area contributed by atoms with E-state index < -0.39 is 27.6 Å². The second-order valence-corrected chi connectivity index (χ2v) is 7.71. The van der Waals surface area contributed by atoms with Gasteiger partial charge in [0.1, 0.15) is 11.6 Å². The zero-order chi connectivity index (χ0) is 20.3. The van der Waals surface area contributed by atoms with Crippen LogP contribution in [0, 0.1) is 18.6 Å². The van der Waals surface area contributed by atoms with E-state index in [0.717, 1.165) is 12.1 Å². The maximum absolute atomic E-state index is 13.7. The maximum Gasteiger partial charge on any atom is 0.261 e. The molecule has 3 aromatic rings. The standard InChI is InChI=1S/C20H16F2N2O3S/c1-13-7-8-14(20(25)23-18-10-9-15(21)12-17(18)22)11-19(13)24-28(26,27)16-5-3-2-4-6-16/h2-12,24H,1H3,(H,23,25). The number of anilines is 2. The minimum absolute atomic E-state index is 0.0811. The molecule has 0 radical (unpaired) electrons. The van der Waals surface area contributed by atoms with Crippen LogP contribution < -0.4 is 10.0 Å². The topological polar surface area (TPSA) is 75.3 Å². The Bertz CT molecular complexity index is 1130. The minimum Gasteiger partial charge on any atom is -0.319 e. The summed E-state index contributed by atoms with van der Waals surface area (Å²) in [6.45, 7) is 1.68. The van der Waals surface area contributed by atoms with Crippen LogP contribution in [0.2, 0.25) is 0 Å². The number of benzene rings is 3. The summed E-state index contributed by atoms with van der Waals surface area (Å²) < 4.78 is 54.2. The lowest BCUT2D eigenvalue weighted by atomic mass is 10.1. The van der Waals surface area contributed by atoms with Crippen molar-refractivity contribution in [3.05, 3.63) is 89.5 Å². The lowest BCUT2D eigenvalue weighted by Crippen LogP contribution is -2.16. The molecule has 8 heteroatoms. The molecule has 0 saturated heterocycles. The molecule has 1 amide bonds. The second kappa shape index (κ2) is 7.77. The van der Waals surface area contributed by atoms with Crippen molar-refractivity contribution in [2.45, 2.75) is 11.8 Å². The van der Waals surface area contributed by atoms with E-state index in [1.807, 2.05) is 0 Å². The van der Waals surface area contributed by atoms with Crippen LogP contribution in [0.15, 0.2) is 71.6 Å². The molecule has 0 aliphatic carbocycles. The van der Waals surface area contributed by atoms with E-state index >= 15 is 0 Å². The third-order valence-electron chi connectivity index (χ3n) is 3.98. The van der Waals surface area contributed by atoms with E-state index in [-0.39, 0.29) is 21.8 Å². The fourth-order valence-electron chi connectivity index (χ4n) is 2.46. The zero-order valence-electron chi connectivity index (χ0n) is 14.7. The highest BCUT2D eigenvalue weighted by molar-refractivity contribution is 7.92. The predicted octanol–water partition coefficient (Wildman–Crippen LogP) is 4.33. The van der Waals surface area contributed by atoms with Crippen molar-refractivity contribution < 1.29 is 22.0 Å². The monoisotopic (exact) mass is 402 g/mol. The summed E-state index contributed by atoms with van der Waals surface area (Å²) in [5.74, 6) is -2.33. The Morgan fingerprint density at radius 2 is 1.61 bits per heavy atom. The number of aryl methyl sites for hydroxylation is 1. The summed E-state index contributed by atoms with van der Waals surface area (Å²) in [4.78, 5) is 12.5. The smallest absolute Gasteiger partial charge is 0.261 e. The van der Waals surface area contributed by atoms with Crippen LogP contribution in [0.5, 0.6) is 0 Å². The van der Waals surface area contributed by atoms with Crippen LogP contribution in [-0.4, -0.2) is 14.3 Å². The van der Waals surface area contributed by atoms with Gasteiger partial charge in [0.15, 0.2) is 0 Å². The minimum atomic E-state index is -3.83. The van der Waals surface area contributed by atoms with Gasteiger partial charge >= 0.3 is 0 Å². The molecule has 0 aliphatic heterocycles. The van der Waals surface area contributed by atoms with E-state index in [2.05, 4.69) is 10.0 Å². The van der Waals surface area contributed by atoms with Crippen LogP contribution in [0.4, 0.5) is 20.2 Å². The molecule has 3 aromatic carbocycles. The Morgan fingerprint density at radius 1 is 0.893 bits per heavy atom. The number of carbonyl (C=O) groups excluding carboxylic acids is 1. The van der Waals surface area contributed by atoms with Crippen molar-refractivity contribution in [1.82, 2.24) is 0 Å². The summed E-state index contributed by atoms with van der Waals surface area (Å²) in [6.07, 6.45) is 0. The van der Waals surface area contributed by atoms with Crippen LogP contribution in [0.1, 0.15) is 15.9 Å². The highest BCUT2D eigenvalue weighted by Crippen LogP contribution is 2.22. The number of nitrogens with one attached hydrogen (secondary N) is 2. The van der Waals surface area contributed by atoms with Gasteiger partial charge in [-0.05, 0) is 48.9 Å². The molecule has 0 heterocycles. The van der Waals surface area contributed by atoms with E-state index in [1.54, 1.807) is 31.2 Å². The lowest BCUT2D eigenvalue weighted by molar-refractivity contribution is 0.102. The van der Waals surface area contributed by atoms with Crippen molar-refractivity contribution in [2.24, 2.45) is 0 Å². The normalized spacial score (nSPS) is 11.1. The quantitative estimate of drug-likeness (QED) is 0.667. The van der Waals surface area contributed by atoms with Gasteiger partial charge < -0.3 is 5.32 Å². The number of carbonyl (C=O) groups is 1. The third kappa shape index (κ3) is 4.34. The Kier molecular flexibility index (Phi) is 5.41. The number of sulfonamides is 1. The van der Waals surface area contributed by atoms with E-state index in [9.17, 15) is 22.0 Å². The van der Waals surface area contributed by atoms with Crippen molar-refractivity contribution in [3.8, 4) is 0 Å². The van der Waals surface area contributed by atoms with Gasteiger partial charge in [-0.25, -0.2) is 17.2 Å². The molecule has 0 atom stereocenters. The van der Waals surface area contributed by atoms with Gasteiger partial charge in [-0.2, -0.15) is 0 Å². The summed E-state index contributed by atoms with van der Waals surface area (Å²) in [5.41, 5.74) is 0.749. The van der Waals surface area contributed by atoms with Gasteiger partial charge in [0.2, 0.25) is 0 Å². The Morgan fingerprint density at radius 3 is 2.29 bits per heavy atom. The first-order chi connectivity index (χ1) is 13.3. The van der Waals surface area contributed by atoms with Crippen LogP contribution in [0.3, 0.4) is 0 Å². The highest BCUT2D eigenvalue weighted by Gasteiger charge is 2.17. The first-order valence-electron chi connectivity index (χ1n) is 8.21. The van der Waals surface area contributed by atoms with Crippen molar-refractivity contribution in [1.29, 1.82) is 0 Å². The number of halogens is 2. The first kappa shape index (κ1) is 19.5. The van der Waals surface area contributed by atoms with Crippen LogP contribution in [0.25, 0.3) is 0 Å². The average molecular weight is 402 g/mol. The summed E-state index contributed by atoms with van der Waals surface area (Å²) >= 11 is 0. The van der Waals surface area contributed by atoms with Crippen molar-refractivity contribution >= 4 is 27.3 Å². The van der Waals surface area contributed by atoms with Gasteiger partial charge in [0.05, 0.1) is 16.3 Å². The van der Waals surface area contributed by atoms with Gasteiger partial charge in [-0.3, -0.25) is 9.52 Å². The van der Waals surface area contributed by atoms with E-state index in [1.165, 1.54) is 24.3 Å². The molecule has 0 aromatic heterocycles. The molecule has 3 rings (SSSR count). The Balaban J connectivity index is 1.86. The second-order valence-electron chi connectivity index (χ2n) is 6.03. The number of rotatable bonds is 5. The van der Waals surface area contributed by atoms with Gasteiger partial charge in [-0.1, -0.05) is 24.3 Å². The van der Waals surface area contributed by atoms with Crippen molar-refractivity contribution in [3.63, 3.8) is 0 Å². The maximum atomic E-state index is 13.7. The fraction of sp³-hybridized carbons (Fsp3) is 0.0500. The van der Waals surface area contributed by atoms with E-state index in [0.29, 0.717) is 11.6 Å². The molecule has 0 unspecified atom stereocenters. The molecule has 5 nitrogen and oxygen atoms in total. The Hall–Kier alpha value is -3.26. The third-order valence-corrected chi connectivity index (χ3v) is 5.36. The van der Waals surface area contributed by atoms with Crippen LogP contribution >= 0.6 is 0 Å². The number of hydrogen-bond acceptors (Lipinski definition) is 3. The summed E-state index contributed by atoms with van der Waals surface area (Å²) in [7, 11) is -3.83. The molecule has 28 heavy (non-hydrogen) atoms. The number of hydrogen-bond donors (Lipinski definition) is 2. The van der Waals surface area contributed by atoms with Crippen LogP contribution in [-0.2, 0) is 10.0 Å². The molecule has 0 aliphatic rings. The molecule has 144 valence electrons. The van der Waals surface area contributed by atoms with Gasteiger partial charge in [0.25, 0.3) is 15.9 Å². The first-order valence-corrected chi connectivity index (χ1v) is 9.69. The highest BCUT2D eigenvalue weighted by atomic mass is 32.2. The largest absolute Gasteiger partial charge is 0.319 e. The fourth-order valence-corrected chi connectivity index (χ4v) is 3.60. The summed E-state index contributed by atoms with van der Waals surface area (Å²) in [6, 6.07) is 15.0. The molecule has 0 fully saturated rings. The van der Waals surface area contributed by atoms with E-state index in [4.69, 9.17) is 0 Å². The molecule has 0 saturated carbocycles. The Labute approximate surface area is 161 Å². The molecular formula is C20H16F2N2O3S. The number of amides is 1. The van der Waals surface area contributed by atoms with Crippen molar-refractivity contribution in [2.75, 3.05) is 10.0 Å². The average Bonchev–Trinajstić information content (AvgIpc) is 2.66. The zero-order valence-corrected chi connectivity index (χ0v) is 15.6. The SMILES string of the molecule is Cc1ccc(C(=O)Nc2ccc(F)cc2F)cc1NS(=O)(=O)c1ccccc1. The lowest BCUT2D eigenvalue weighted by Gasteiger charge is -2.13. The molecule has 0 bridgehead atoms. The predicted molar refractivity (Wildman–Crippen MR) is 103 cm³/mol. The van der Waals surface area contributed by atoms with Gasteiger partial charge in [-0.15, -0.1) is 0 Å². The summed E-state index contributed by atoms with van der Waals surface area (Å²) in [5, 5.41) is 2.34. The van der Waals surface area contributed by atoms with Gasteiger partial charge in [0, 0.05) is 11.6 Å². The molecular weight excluding hydrogens is 386 g/mol.